The van der Waals surface area contributed by atoms with Gasteiger partial charge in [0.1, 0.15) is 5.82 Å². The van der Waals surface area contributed by atoms with E-state index >= 15 is 0 Å². The molecule has 2 heterocycles. The molecule has 6 nitrogen and oxygen atoms in total. The van der Waals surface area contributed by atoms with Crippen LogP contribution >= 0.6 is 0 Å². The van der Waals surface area contributed by atoms with Crippen LogP contribution in [0.2, 0.25) is 0 Å². The van der Waals surface area contributed by atoms with Crippen molar-refractivity contribution < 1.29 is 0 Å². The minimum atomic E-state index is 0.735. The number of anilines is 2. The van der Waals surface area contributed by atoms with E-state index in [1.54, 1.807) is 9.36 Å². The zero-order chi connectivity index (χ0) is 12.6. The summed E-state index contributed by atoms with van der Waals surface area (Å²) in [5.41, 5.74) is 8.76. The zero-order valence-electron chi connectivity index (χ0n) is 10.7. The summed E-state index contributed by atoms with van der Waals surface area (Å²) >= 11 is 0. The summed E-state index contributed by atoms with van der Waals surface area (Å²) in [5.74, 6) is 0.936. The summed E-state index contributed by atoms with van der Waals surface area (Å²) in [6, 6.07) is 0. The minimum Gasteiger partial charge on any atom is -0.394 e. The second-order valence-electron chi connectivity index (χ2n) is 4.32. The summed E-state index contributed by atoms with van der Waals surface area (Å²) in [7, 11) is 5.81. The summed E-state index contributed by atoms with van der Waals surface area (Å²) < 4.78 is 3.60. The molecule has 0 radical (unpaired) electrons. The van der Waals surface area contributed by atoms with Crippen molar-refractivity contribution in [1.82, 2.24) is 19.6 Å². The molecule has 0 aliphatic rings. The first-order valence-corrected chi connectivity index (χ1v) is 5.46. The molecule has 17 heavy (non-hydrogen) atoms. The van der Waals surface area contributed by atoms with Gasteiger partial charge < -0.3 is 10.6 Å². The predicted octanol–water partition coefficient (Wildman–Crippen LogP) is 0.681. The quantitative estimate of drug-likeness (QED) is 0.848. The Morgan fingerprint density at radius 3 is 2.59 bits per heavy atom. The standard InChI is InChI=1S/C11H18N6/c1-8-10(12)11(17(4)14-8)15(2)6-9-5-13-16(3)7-9/h5,7H,6,12H2,1-4H3. The van der Waals surface area contributed by atoms with Crippen LogP contribution in [-0.2, 0) is 20.6 Å². The van der Waals surface area contributed by atoms with Crippen LogP contribution in [-0.4, -0.2) is 26.6 Å². The van der Waals surface area contributed by atoms with Gasteiger partial charge in [0.05, 0.1) is 17.6 Å². The Balaban J connectivity index is 2.22. The smallest absolute Gasteiger partial charge is 0.150 e. The molecule has 2 aromatic rings. The average molecular weight is 234 g/mol. The summed E-state index contributed by atoms with van der Waals surface area (Å²) in [6.45, 7) is 2.67. The molecule has 92 valence electrons. The Labute approximate surface area is 101 Å². The molecule has 0 bridgehead atoms. The van der Waals surface area contributed by atoms with Crippen molar-refractivity contribution in [2.75, 3.05) is 17.7 Å². The predicted molar refractivity (Wildman–Crippen MR) is 67.7 cm³/mol. The van der Waals surface area contributed by atoms with Crippen LogP contribution in [0.15, 0.2) is 12.4 Å². The van der Waals surface area contributed by atoms with Crippen LogP contribution in [0.5, 0.6) is 0 Å². The average Bonchev–Trinajstić information content (AvgIpc) is 2.73. The van der Waals surface area contributed by atoms with Crippen molar-refractivity contribution in [3.8, 4) is 0 Å². The molecule has 6 heteroatoms. The van der Waals surface area contributed by atoms with Crippen LogP contribution in [0.3, 0.4) is 0 Å². The maximum Gasteiger partial charge on any atom is 0.150 e. The first-order chi connectivity index (χ1) is 7.99. The highest BCUT2D eigenvalue weighted by molar-refractivity contribution is 5.65. The molecule has 0 atom stereocenters. The molecule has 0 saturated carbocycles. The van der Waals surface area contributed by atoms with Crippen molar-refractivity contribution in [1.29, 1.82) is 0 Å². The number of hydrogen-bond acceptors (Lipinski definition) is 4. The second-order valence-corrected chi connectivity index (χ2v) is 4.32. The highest BCUT2D eigenvalue weighted by Gasteiger charge is 2.14. The normalized spacial score (nSPS) is 10.8. The monoisotopic (exact) mass is 234 g/mol. The fraction of sp³-hybridized carbons (Fsp3) is 0.455. The van der Waals surface area contributed by atoms with E-state index in [1.807, 2.05) is 40.5 Å². The summed E-state index contributed by atoms with van der Waals surface area (Å²) in [6.07, 6.45) is 3.85. The summed E-state index contributed by atoms with van der Waals surface area (Å²) in [4.78, 5) is 2.08. The molecular weight excluding hydrogens is 216 g/mol. The number of aryl methyl sites for hydroxylation is 3. The Kier molecular flexibility index (Phi) is 2.79. The van der Waals surface area contributed by atoms with Gasteiger partial charge in [-0.15, -0.1) is 0 Å². The third-order valence-electron chi connectivity index (χ3n) is 2.78. The highest BCUT2D eigenvalue weighted by Crippen LogP contribution is 2.25. The molecule has 0 aliphatic carbocycles. The van der Waals surface area contributed by atoms with Crippen molar-refractivity contribution in [3.05, 3.63) is 23.7 Å². The number of nitrogens with two attached hydrogens (primary N) is 1. The first kappa shape index (κ1) is 11.5. The van der Waals surface area contributed by atoms with Crippen LogP contribution in [0, 0.1) is 6.92 Å². The van der Waals surface area contributed by atoms with Crippen molar-refractivity contribution >= 4 is 11.5 Å². The third kappa shape index (κ3) is 2.11. The minimum absolute atomic E-state index is 0.735. The second kappa shape index (κ2) is 4.12. The van der Waals surface area contributed by atoms with Crippen LogP contribution in [0.1, 0.15) is 11.3 Å². The van der Waals surface area contributed by atoms with Gasteiger partial charge in [-0.05, 0) is 6.92 Å². The van der Waals surface area contributed by atoms with Crippen molar-refractivity contribution in [3.63, 3.8) is 0 Å². The van der Waals surface area contributed by atoms with Gasteiger partial charge in [0, 0.05) is 39.4 Å². The van der Waals surface area contributed by atoms with Crippen LogP contribution in [0.4, 0.5) is 11.5 Å². The van der Waals surface area contributed by atoms with E-state index in [9.17, 15) is 0 Å². The number of nitrogens with zero attached hydrogens (tertiary/aromatic N) is 5. The Morgan fingerprint density at radius 2 is 2.12 bits per heavy atom. The van der Waals surface area contributed by atoms with Gasteiger partial charge in [-0.2, -0.15) is 10.2 Å². The molecular formula is C11H18N6. The molecule has 0 fully saturated rings. The largest absolute Gasteiger partial charge is 0.394 e. The highest BCUT2D eigenvalue weighted by atomic mass is 15.4. The van der Waals surface area contributed by atoms with Gasteiger partial charge in [0.2, 0.25) is 0 Å². The maximum atomic E-state index is 6.02. The van der Waals surface area contributed by atoms with Crippen LogP contribution < -0.4 is 10.6 Å². The van der Waals surface area contributed by atoms with E-state index in [0.29, 0.717) is 0 Å². The molecule has 0 aliphatic heterocycles. The van der Waals surface area contributed by atoms with Crippen molar-refractivity contribution in [2.45, 2.75) is 13.5 Å². The SMILES string of the molecule is Cc1nn(C)c(N(C)Cc2cnn(C)c2)c1N. The molecule has 0 amide bonds. The number of nitrogen functional groups attached to an aromatic ring is 1. The molecule has 2 aromatic heterocycles. The van der Waals surface area contributed by atoms with Gasteiger partial charge in [0.15, 0.2) is 0 Å². The first-order valence-electron chi connectivity index (χ1n) is 5.46. The van der Waals surface area contributed by atoms with E-state index in [4.69, 9.17) is 5.73 Å². The third-order valence-corrected chi connectivity index (χ3v) is 2.78. The molecule has 0 spiro atoms. The zero-order valence-corrected chi connectivity index (χ0v) is 10.7. The fourth-order valence-electron chi connectivity index (χ4n) is 2.02. The Bertz CT molecular complexity index is 524. The van der Waals surface area contributed by atoms with E-state index < -0.39 is 0 Å². The lowest BCUT2D eigenvalue weighted by Crippen LogP contribution is -2.20. The lowest BCUT2D eigenvalue weighted by Gasteiger charge is -2.19. The lowest BCUT2D eigenvalue weighted by atomic mass is 10.3. The molecule has 2 N–H and O–H groups in total. The van der Waals surface area contributed by atoms with E-state index in [0.717, 1.165) is 29.3 Å². The number of rotatable bonds is 3. The van der Waals surface area contributed by atoms with Gasteiger partial charge in [-0.3, -0.25) is 9.36 Å². The van der Waals surface area contributed by atoms with Gasteiger partial charge >= 0.3 is 0 Å². The van der Waals surface area contributed by atoms with E-state index in [1.165, 1.54) is 0 Å². The maximum absolute atomic E-state index is 6.02. The molecule has 0 saturated heterocycles. The van der Waals surface area contributed by atoms with Gasteiger partial charge in [0.25, 0.3) is 0 Å². The van der Waals surface area contributed by atoms with Gasteiger partial charge in [-0.1, -0.05) is 0 Å². The molecule has 0 unspecified atom stereocenters. The van der Waals surface area contributed by atoms with E-state index in [2.05, 4.69) is 15.1 Å². The van der Waals surface area contributed by atoms with Crippen molar-refractivity contribution in [2.24, 2.45) is 14.1 Å². The topological polar surface area (TPSA) is 64.9 Å². The fourth-order valence-corrected chi connectivity index (χ4v) is 2.02. The summed E-state index contributed by atoms with van der Waals surface area (Å²) in [5, 5.41) is 8.46. The van der Waals surface area contributed by atoms with E-state index in [-0.39, 0.29) is 0 Å². The van der Waals surface area contributed by atoms with Crippen LogP contribution in [0.25, 0.3) is 0 Å². The Morgan fingerprint density at radius 1 is 1.41 bits per heavy atom. The number of hydrogen-bond donors (Lipinski definition) is 1. The number of aromatic nitrogens is 4. The molecule has 0 aromatic carbocycles. The Hall–Kier alpha value is -1.98. The molecule has 2 rings (SSSR count). The van der Waals surface area contributed by atoms with Gasteiger partial charge in [-0.25, -0.2) is 0 Å². The lowest BCUT2D eigenvalue weighted by molar-refractivity contribution is 0.726.